The molecule has 90 valence electrons. The number of nitriles is 1. The van der Waals surface area contributed by atoms with Crippen molar-refractivity contribution in [2.45, 2.75) is 27.2 Å². The van der Waals surface area contributed by atoms with Crippen LogP contribution in [0.1, 0.15) is 26.3 Å². The smallest absolute Gasteiger partial charge is 0.246 e. The molecule has 1 amide bonds. The van der Waals surface area contributed by atoms with Gasteiger partial charge in [-0.25, -0.2) is 0 Å². The summed E-state index contributed by atoms with van der Waals surface area (Å²) in [5.41, 5.74) is 1.06. The van der Waals surface area contributed by atoms with Gasteiger partial charge in [-0.2, -0.15) is 5.26 Å². The Labute approximate surface area is 103 Å². The molecule has 0 heterocycles. The Kier molecular flexibility index (Phi) is 3.90. The highest BCUT2D eigenvalue weighted by Gasteiger charge is 2.30. The maximum Gasteiger partial charge on any atom is 0.246 e. The second-order valence-electron chi connectivity index (χ2n) is 4.62. The topological polar surface area (TPSA) is 44.1 Å². The van der Waals surface area contributed by atoms with Gasteiger partial charge in [-0.3, -0.25) is 4.79 Å². The molecule has 0 aliphatic carbocycles. The minimum Gasteiger partial charge on any atom is -0.314 e. The monoisotopic (exact) mass is 230 g/mol. The summed E-state index contributed by atoms with van der Waals surface area (Å²) in [4.78, 5) is 13.6. The summed E-state index contributed by atoms with van der Waals surface area (Å²) in [7, 11) is 1.70. The van der Waals surface area contributed by atoms with E-state index in [-0.39, 0.29) is 5.91 Å². The van der Waals surface area contributed by atoms with Crippen molar-refractivity contribution < 1.29 is 4.79 Å². The number of carbonyl (C=O) groups is 1. The molecule has 0 N–H and O–H groups in total. The number of hydrogen-bond acceptors (Lipinski definition) is 2. The van der Waals surface area contributed by atoms with Crippen LogP contribution in [0.3, 0.4) is 0 Å². The second-order valence-corrected chi connectivity index (χ2v) is 4.62. The molecule has 0 fully saturated rings. The van der Waals surface area contributed by atoms with E-state index in [4.69, 9.17) is 5.26 Å². The molecule has 1 rings (SSSR count). The zero-order chi connectivity index (χ0) is 13.1. The van der Waals surface area contributed by atoms with E-state index in [1.807, 2.05) is 30.3 Å². The van der Waals surface area contributed by atoms with E-state index in [0.29, 0.717) is 0 Å². The Morgan fingerprint density at radius 1 is 1.35 bits per heavy atom. The highest BCUT2D eigenvalue weighted by atomic mass is 16.2. The van der Waals surface area contributed by atoms with Crippen LogP contribution in [-0.4, -0.2) is 13.0 Å². The third-order valence-corrected chi connectivity index (χ3v) is 2.85. The summed E-state index contributed by atoms with van der Waals surface area (Å²) < 4.78 is 0. The number of amides is 1. The first-order valence-electron chi connectivity index (χ1n) is 5.70. The molecular weight excluding hydrogens is 212 g/mol. The van der Waals surface area contributed by atoms with E-state index in [1.54, 1.807) is 20.9 Å². The number of rotatable bonds is 3. The van der Waals surface area contributed by atoms with Gasteiger partial charge in [0, 0.05) is 12.7 Å². The van der Waals surface area contributed by atoms with E-state index in [2.05, 4.69) is 6.92 Å². The normalized spacial score (nSPS) is 10.8. The van der Waals surface area contributed by atoms with Crippen molar-refractivity contribution in [1.29, 1.82) is 5.26 Å². The van der Waals surface area contributed by atoms with Crippen LogP contribution in [0.15, 0.2) is 24.3 Å². The lowest BCUT2D eigenvalue weighted by Crippen LogP contribution is -2.37. The van der Waals surface area contributed by atoms with Crippen LogP contribution in [0.2, 0.25) is 0 Å². The molecule has 0 bridgehead atoms. The number of nitrogens with zero attached hydrogens (tertiary/aromatic N) is 2. The quantitative estimate of drug-likeness (QED) is 0.801. The fraction of sp³-hybridized carbons (Fsp3) is 0.429. The molecule has 3 heteroatoms. The van der Waals surface area contributed by atoms with Crippen LogP contribution >= 0.6 is 0 Å². The first kappa shape index (κ1) is 13.2. The number of benzene rings is 1. The van der Waals surface area contributed by atoms with Crippen LogP contribution in [0.25, 0.3) is 0 Å². The lowest BCUT2D eigenvalue weighted by molar-refractivity contribution is -0.123. The van der Waals surface area contributed by atoms with E-state index in [1.165, 1.54) is 10.5 Å². The van der Waals surface area contributed by atoms with Crippen LogP contribution < -0.4 is 4.90 Å². The highest BCUT2D eigenvalue weighted by Crippen LogP contribution is 2.22. The van der Waals surface area contributed by atoms with Crippen molar-refractivity contribution in [1.82, 2.24) is 0 Å². The van der Waals surface area contributed by atoms with Crippen molar-refractivity contribution in [3.05, 3.63) is 29.8 Å². The van der Waals surface area contributed by atoms with Gasteiger partial charge in [-0.05, 0) is 38.0 Å². The van der Waals surface area contributed by atoms with Gasteiger partial charge in [0.05, 0.1) is 6.07 Å². The Morgan fingerprint density at radius 3 is 2.29 bits per heavy atom. The maximum absolute atomic E-state index is 12.1. The standard InChI is InChI=1S/C14H18N2O/c1-5-11-6-8-12(9-7-11)16(4)13(17)14(2,3)10-15/h6-9H,5H2,1-4H3. The number of hydrogen-bond donors (Lipinski definition) is 0. The Bertz CT molecular complexity index is 440. The molecule has 0 atom stereocenters. The molecule has 3 nitrogen and oxygen atoms in total. The van der Waals surface area contributed by atoms with Gasteiger partial charge < -0.3 is 4.90 Å². The van der Waals surface area contributed by atoms with Crippen LogP contribution in [0, 0.1) is 16.7 Å². The Balaban J connectivity index is 2.93. The molecule has 0 aliphatic heterocycles. The molecule has 17 heavy (non-hydrogen) atoms. The van der Waals surface area contributed by atoms with Crippen molar-refractivity contribution in [3.8, 4) is 6.07 Å². The summed E-state index contributed by atoms with van der Waals surface area (Å²) in [6.45, 7) is 5.35. The SMILES string of the molecule is CCc1ccc(N(C)C(=O)C(C)(C)C#N)cc1. The summed E-state index contributed by atoms with van der Waals surface area (Å²) in [6.07, 6.45) is 0.974. The van der Waals surface area contributed by atoms with Crippen LogP contribution in [-0.2, 0) is 11.2 Å². The highest BCUT2D eigenvalue weighted by molar-refractivity contribution is 5.98. The van der Waals surface area contributed by atoms with Gasteiger partial charge in [-0.15, -0.1) is 0 Å². The van der Waals surface area contributed by atoms with E-state index in [9.17, 15) is 4.79 Å². The molecule has 0 aromatic heterocycles. The van der Waals surface area contributed by atoms with E-state index >= 15 is 0 Å². The van der Waals surface area contributed by atoms with Gasteiger partial charge in [0.15, 0.2) is 0 Å². The fourth-order valence-corrected chi connectivity index (χ4v) is 1.54. The minimum atomic E-state index is -0.988. The molecule has 0 spiro atoms. The van der Waals surface area contributed by atoms with Gasteiger partial charge in [0.2, 0.25) is 5.91 Å². The summed E-state index contributed by atoms with van der Waals surface area (Å²) in [5.74, 6) is -0.191. The van der Waals surface area contributed by atoms with E-state index in [0.717, 1.165) is 12.1 Å². The van der Waals surface area contributed by atoms with Gasteiger partial charge in [-0.1, -0.05) is 19.1 Å². The first-order chi connectivity index (χ1) is 7.92. The Morgan fingerprint density at radius 2 is 1.88 bits per heavy atom. The third-order valence-electron chi connectivity index (χ3n) is 2.85. The molecule has 0 aliphatic rings. The summed E-state index contributed by atoms with van der Waals surface area (Å²) >= 11 is 0. The predicted octanol–water partition coefficient (Wildman–Crippen LogP) is 2.76. The zero-order valence-electron chi connectivity index (χ0n) is 10.8. The molecule has 0 radical (unpaired) electrons. The average Bonchev–Trinajstić information content (AvgIpc) is 2.37. The molecular formula is C14H18N2O. The Hall–Kier alpha value is -1.82. The van der Waals surface area contributed by atoms with Crippen molar-refractivity contribution >= 4 is 11.6 Å². The molecule has 1 aromatic rings. The van der Waals surface area contributed by atoms with Crippen LogP contribution in [0.5, 0.6) is 0 Å². The van der Waals surface area contributed by atoms with Crippen molar-refractivity contribution in [2.75, 3.05) is 11.9 Å². The zero-order valence-corrected chi connectivity index (χ0v) is 10.8. The lowest BCUT2D eigenvalue weighted by atomic mass is 9.94. The van der Waals surface area contributed by atoms with Crippen LogP contribution in [0.4, 0.5) is 5.69 Å². The largest absolute Gasteiger partial charge is 0.314 e. The van der Waals surface area contributed by atoms with Gasteiger partial charge in [0.25, 0.3) is 0 Å². The molecule has 0 unspecified atom stereocenters. The summed E-state index contributed by atoms with van der Waals surface area (Å²) in [6, 6.07) is 9.83. The maximum atomic E-state index is 12.1. The van der Waals surface area contributed by atoms with Crippen molar-refractivity contribution in [2.24, 2.45) is 5.41 Å². The minimum absolute atomic E-state index is 0.191. The third kappa shape index (κ3) is 2.85. The van der Waals surface area contributed by atoms with Gasteiger partial charge >= 0.3 is 0 Å². The second kappa shape index (κ2) is 5.01. The summed E-state index contributed by atoms with van der Waals surface area (Å²) in [5, 5.41) is 8.94. The number of carbonyl (C=O) groups excluding carboxylic acids is 1. The molecule has 1 aromatic carbocycles. The fourth-order valence-electron chi connectivity index (χ4n) is 1.54. The predicted molar refractivity (Wildman–Crippen MR) is 68.6 cm³/mol. The average molecular weight is 230 g/mol. The first-order valence-corrected chi connectivity index (χ1v) is 5.70. The lowest BCUT2D eigenvalue weighted by Gasteiger charge is -2.24. The molecule has 0 saturated heterocycles. The van der Waals surface area contributed by atoms with Crippen molar-refractivity contribution in [3.63, 3.8) is 0 Å². The van der Waals surface area contributed by atoms with E-state index < -0.39 is 5.41 Å². The van der Waals surface area contributed by atoms with Gasteiger partial charge in [0.1, 0.15) is 5.41 Å². The molecule has 0 saturated carbocycles. The number of aryl methyl sites for hydroxylation is 1. The number of anilines is 1.